The highest BCUT2D eigenvalue weighted by Gasteiger charge is 2.43. The maximum absolute atomic E-state index is 5.23. The van der Waals surface area contributed by atoms with Crippen molar-refractivity contribution in [3.63, 3.8) is 0 Å². The number of hydrogen-bond donors (Lipinski definition) is 1. The first-order valence-corrected chi connectivity index (χ1v) is 11.8. The van der Waals surface area contributed by atoms with E-state index in [1.807, 2.05) is 11.8 Å². The first-order valence-electron chi connectivity index (χ1n) is 10.9. The lowest BCUT2D eigenvalue weighted by atomic mass is 9.87. The molecule has 3 aliphatic rings. The zero-order valence-corrected chi connectivity index (χ0v) is 17.6. The number of thioether (sulfide) groups is 1. The Kier molecular flexibility index (Phi) is 6.16. The van der Waals surface area contributed by atoms with Crippen molar-refractivity contribution in [2.45, 2.75) is 94.2 Å². The Morgan fingerprint density at radius 1 is 1.07 bits per heavy atom. The molecule has 2 atom stereocenters. The molecule has 3 heterocycles. The first-order chi connectivity index (χ1) is 13.3. The molecule has 4 rings (SSSR count). The Bertz CT molecular complexity index is 740. The van der Waals surface area contributed by atoms with Gasteiger partial charge in [-0.15, -0.1) is 0 Å². The third kappa shape index (κ3) is 3.80. The van der Waals surface area contributed by atoms with E-state index >= 15 is 0 Å². The zero-order chi connectivity index (χ0) is 18.6. The quantitative estimate of drug-likeness (QED) is 0.522. The summed E-state index contributed by atoms with van der Waals surface area (Å²) < 4.78 is 0. The Balaban J connectivity index is 1.54. The summed E-state index contributed by atoms with van der Waals surface area (Å²) in [6.45, 7) is 5.52. The summed E-state index contributed by atoms with van der Waals surface area (Å²) in [6, 6.07) is 0. The molecule has 1 aromatic heterocycles. The average molecular weight is 385 g/mol. The third-order valence-corrected chi connectivity index (χ3v) is 7.26. The molecule has 0 aromatic carbocycles. The van der Waals surface area contributed by atoms with E-state index in [0.29, 0.717) is 5.92 Å². The number of aliphatic imine (C=N–C) groups is 1. The van der Waals surface area contributed by atoms with Crippen molar-refractivity contribution < 1.29 is 0 Å². The number of rotatable bonds is 9. The number of dihydropyridines is 1. The van der Waals surface area contributed by atoms with Gasteiger partial charge in [0.1, 0.15) is 17.5 Å². The smallest absolute Gasteiger partial charge is 0.143 e. The van der Waals surface area contributed by atoms with Crippen molar-refractivity contribution in [2.75, 3.05) is 11.9 Å². The maximum Gasteiger partial charge on any atom is 0.143 e. The van der Waals surface area contributed by atoms with Crippen LogP contribution in [0.2, 0.25) is 0 Å². The molecular formula is C22H32N4S. The molecule has 5 heteroatoms. The Hall–Kier alpha value is -1.36. The van der Waals surface area contributed by atoms with Gasteiger partial charge in [0, 0.05) is 12.3 Å². The number of nitrogens with zero attached hydrogens (tertiary/aromatic N) is 3. The van der Waals surface area contributed by atoms with Crippen molar-refractivity contribution in [1.82, 2.24) is 9.97 Å². The molecule has 1 aliphatic carbocycles. The first kappa shape index (κ1) is 19.0. The summed E-state index contributed by atoms with van der Waals surface area (Å²) in [6.07, 6.45) is 14.2. The van der Waals surface area contributed by atoms with Gasteiger partial charge in [-0.25, -0.2) is 9.97 Å². The summed E-state index contributed by atoms with van der Waals surface area (Å²) >= 11 is 1.89. The fraction of sp³-hybridized carbons (Fsp3) is 0.682. The van der Waals surface area contributed by atoms with Gasteiger partial charge in [-0.2, -0.15) is 0 Å². The van der Waals surface area contributed by atoms with Gasteiger partial charge in [-0.3, -0.25) is 4.99 Å². The fourth-order valence-corrected chi connectivity index (χ4v) is 5.99. The standard InChI is InChI=1S/C22H32N4S/c1-3-5-7-8-13-23-21-20-19(24-14-25-21)18-16-11-9-10-15(16)17(12-6-4-2)26-22(18)27-20/h14,18,22H,3-13H2,1-2H3,(H,23,24,25)/t18-,22+/m1/s1. The van der Waals surface area contributed by atoms with Gasteiger partial charge < -0.3 is 5.32 Å². The molecule has 1 N–H and O–H groups in total. The van der Waals surface area contributed by atoms with Gasteiger partial charge in [-0.1, -0.05) is 56.9 Å². The molecule has 0 radical (unpaired) electrons. The van der Waals surface area contributed by atoms with Gasteiger partial charge in [0.2, 0.25) is 0 Å². The minimum atomic E-state index is 0.279. The van der Waals surface area contributed by atoms with Crippen LogP contribution in [0.3, 0.4) is 0 Å². The van der Waals surface area contributed by atoms with Gasteiger partial charge in [0.25, 0.3) is 0 Å². The number of fused-ring (bicyclic) bond motifs is 4. The van der Waals surface area contributed by atoms with E-state index in [2.05, 4.69) is 24.1 Å². The van der Waals surface area contributed by atoms with Crippen molar-refractivity contribution >= 4 is 23.3 Å². The molecule has 2 aliphatic heterocycles. The van der Waals surface area contributed by atoms with Crippen LogP contribution in [-0.2, 0) is 0 Å². The van der Waals surface area contributed by atoms with Crippen LogP contribution < -0.4 is 5.32 Å². The van der Waals surface area contributed by atoms with Crippen LogP contribution in [0, 0.1) is 0 Å². The predicted octanol–water partition coefficient (Wildman–Crippen LogP) is 6.11. The zero-order valence-electron chi connectivity index (χ0n) is 16.8. The summed E-state index contributed by atoms with van der Waals surface area (Å²) in [5.41, 5.74) is 5.84. The highest BCUT2D eigenvalue weighted by molar-refractivity contribution is 8.00. The molecule has 0 fully saturated rings. The van der Waals surface area contributed by atoms with E-state index in [4.69, 9.17) is 9.98 Å². The Morgan fingerprint density at radius 2 is 1.96 bits per heavy atom. The molecule has 0 spiro atoms. The molecule has 146 valence electrons. The van der Waals surface area contributed by atoms with Crippen molar-refractivity contribution in [3.8, 4) is 0 Å². The normalized spacial score (nSPS) is 23.1. The molecule has 0 saturated carbocycles. The summed E-state index contributed by atoms with van der Waals surface area (Å²) in [5, 5.41) is 3.86. The summed E-state index contributed by atoms with van der Waals surface area (Å²) in [7, 11) is 0. The number of hydrogen-bond acceptors (Lipinski definition) is 5. The second-order valence-electron chi connectivity index (χ2n) is 7.95. The van der Waals surface area contributed by atoms with E-state index in [-0.39, 0.29) is 5.37 Å². The molecule has 0 bridgehead atoms. The molecule has 0 amide bonds. The van der Waals surface area contributed by atoms with Crippen LogP contribution in [0.1, 0.15) is 89.7 Å². The Labute approximate surface area is 167 Å². The second-order valence-corrected chi connectivity index (χ2v) is 9.07. The third-order valence-electron chi connectivity index (χ3n) is 6.01. The Morgan fingerprint density at radius 3 is 2.81 bits per heavy atom. The number of unbranched alkanes of at least 4 members (excludes halogenated alkanes) is 4. The van der Waals surface area contributed by atoms with Gasteiger partial charge in [0.15, 0.2) is 0 Å². The minimum Gasteiger partial charge on any atom is -0.369 e. The van der Waals surface area contributed by atoms with Crippen molar-refractivity contribution in [3.05, 3.63) is 23.2 Å². The van der Waals surface area contributed by atoms with Gasteiger partial charge in [0.05, 0.1) is 16.5 Å². The molecule has 1 aromatic rings. The second kappa shape index (κ2) is 8.76. The predicted molar refractivity (Wildman–Crippen MR) is 115 cm³/mol. The lowest BCUT2D eigenvalue weighted by Gasteiger charge is -2.26. The lowest BCUT2D eigenvalue weighted by molar-refractivity contribution is 0.681. The lowest BCUT2D eigenvalue weighted by Crippen LogP contribution is -2.21. The summed E-state index contributed by atoms with van der Waals surface area (Å²) in [4.78, 5) is 15.8. The molecule has 4 nitrogen and oxygen atoms in total. The van der Waals surface area contributed by atoms with Crippen LogP contribution >= 0.6 is 11.8 Å². The SMILES string of the molecule is CCCCCCNc1ncnc2c1S[C@@H]1N=C(CCCC)C3=C(CCC3)[C@H]21. The van der Waals surface area contributed by atoms with Gasteiger partial charge in [-0.05, 0) is 44.1 Å². The molecule has 0 unspecified atom stereocenters. The van der Waals surface area contributed by atoms with Crippen LogP contribution in [0.5, 0.6) is 0 Å². The largest absolute Gasteiger partial charge is 0.369 e. The highest BCUT2D eigenvalue weighted by Crippen LogP contribution is 2.55. The van der Waals surface area contributed by atoms with Crippen molar-refractivity contribution in [1.29, 1.82) is 0 Å². The summed E-state index contributed by atoms with van der Waals surface area (Å²) in [5.74, 6) is 1.41. The number of anilines is 1. The van der Waals surface area contributed by atoms with E-state index in [9.17, 15) is 0 Å². The van der Waals surface area contributed by atoms with E-state index in [0.717, 1.165) is 18.8 Å². The number of nitrogens with one attached hydrogen (secondary N) is 1. The molecule has 0 saturated heterocycles. The van der Waals surface area contributed by atoms with Crippen LogP contribution in [-0.4, -0.2) is 27.6 Å². The maximum atomic E-state index is 5.23. The minimum absolute atomic E-state index is 0.279. The van der Waals surface area contributed by atoms with Crippen LogP contribution in [0.4, 0.5) is 5.82 Å². The number of aromatic nitrogens is 2. The molecule has 27 heavy (non-hydrogen) atoms. The van der Waals surface area contributed by atoms with E-state index < -0.39 is 0 Å². The average Bonchev–Trinajstić information content (AvgIpc) is 3.30. The van der Waals surface area contributed by atoms with Crippen LogP contribution in [0.25, 0.3) is 0 Å². The van der Waals surface area contributed by atoms with E-state index in [1.54, 1.807) is 17.5 Å². The molecular weight excluding hydrogens is 352 g/mol. The van der Waals surface area contributed by atoms with Crippen LogP contribution in [0.15, 0.2) is 27.4 Å². The fourth-order valence-electron chi connectivity index (χ4n) is 4.60. The number of allylic oxidation sites excluding steroid dienone is 1. The van der Waals surface area contributed by atoms with Gasteiger partial charge >= 0.3 is 0 Å². The van der Waals surface area contributed by atoms with Crippen molar-refractivity contribution in [2.24, 2.45) is 4.99 Å². The monoisotopic (exact) mass is 384 g/mol. The topological polar surface area (TPSA) is 50.2 Å². The highest BCUT2D eigenvalue weighted by atomic mass is 32.2. The van der Waals surface area contributed by atoms with E-state index in [1.165, 1.54) is 74.1 Å².